The maximum absolute atomic E-state index is 12.8. The van der Waals surface area contributed by atoms with Crippen LogP contribution < -0.4 is 43.4 Å². The van der Waals surface area contributed by atoms with Crippen molar-refractivity contribution in [2.75, 3.05) is 126 Å². The lowest BCUT2D eigenvalue weighted by molar-refractivity contribution is -0.124. The fourth-order valence-electron chi connectivity index (χ4n) is 8.88. The van der Waals surface area contributed by atoms with E-state index in [1.165, 1.54) is 23.3 Å². The summed E-state index contributed by atoms with van der Waals surface area (Å²) in [5.41, 5.74) is 27.3. The van der Waals surface area contributed by atoms with E-state index in [1.807, 2.05) is 78.9 Å². The van der Waals surface area contributed by atoms with Crippen molar-refractivity contribution in [2.45, 2.75) is 13.0 Å². The molecule has 22 nitrogen and oxygen atoms in total. The van der Waals surface area contributed by atoms with Gasteiger partial charge in [0, 0.05) is 108 Å². The Morgan fingerprint density at radius 2 is 1.28 bits per heavy atom. The molecule has 4 amide bonds. The van der Waals surface area contributed by atoms with Crippen molar-refractivity contribution in [3.63, 3.8) is 0 Å². The lowest BCUT2D eigenvalue weighted by Gasteiger charge is -2.34. The van der Waals surface area contributed by atoms with E-state index in [4.69, 9.17) is 22.0 Å². The Bertz CT molecular complexity index is 3000. The summed E-state index contributed by atoms with van der Waals surface area (Å²) >= 11 is 0. The summed E-state index contributed by atoms with van der Waals surface area (Å²) in [6.45, 7) is 19.0. The van der Waals surface area contributed by atoms with Crippen molar-refractivity contribution in [3.05, 3.63) is 151 Å². The number of nitrogens with two attached hydrogens (primary N) is 3. The molecular formula is C57H72N18O4. The number of nitrogen functional groups attached to an aromatic ring is 1. The van der Waals surface area contributed by atoms with Crippen molar-refractivity contribution in [1.29, 1.82) is 0 Å². The fourth-order valence-corrected chi connectivity index (χ4v) is 8.88. The Morgan fingerprint density at radius 1 is 0.696 bits per heavy atom. The van der Waals surface area contributed by atoms with Gasteiger partial charge in [-0.3, -0.25) is 19.8 Å². The van der Waals surface area contributed by atoms with Gasteiger partial charge in [0.15, 0.2) is 0 Å². The molecule has 4 aromatic carbocycles. The number of aldehydes is 1. The second-order valence-electron chi connectivity index (χ2n) is 19.3. The molecule has 5 aromatic rings. The lowest BCUT2D eigenvalue weighted by Crippen LogP contribution is -2.44. The molecule has 4 aliphatic rings. The summed E-state index contributed by atoms with van der Waals surface area (Å²) in [6.07, 6.45) is 8.47. The smallest absolute Gasteiger partial charge is 0.349 e. The van der Waals surface area contributed by atoms with E-state index >= 15 is 0 Å². The topological polar surface area (TPSA) is 269 Å². The Labute approximate surface area is 461 Å². The van der Waals surface area contributed by atoms with Gasteiger partial charge in [-0.1, -0.05) is 61.7 Å². The summed E-state index contributed by atoms with van der Waals surface area (Å²) in [5, 5.41) is 15.4. The Hall–Kier alpha value is -8.96. The first-order chi connectivity index (χ1) is 38.1. The normalized spacial score (nSPS) is 16.4. The monoisotopic (exact) mass is 1070 g/mol. The van der Waals surface area contributed by atoms with Gasteiger partial charge in [0.05, 0.1) is 5.69 Å². The average Bonchev–Trinajstić information content (AvgIpc) is 4.10. The number of aliphatic imine (C=N–C) groups is 2. The van der Waals surface area contributed by atoms with E-state index in [0.29, 0.717) is 36.4 Å². The molecule has 9 rings (SSSR count). The SMILES string of the molecule is C=CC(=O)N1CC=C(c2ccc(NC(=O)N/C(N)=N\C(N)=Nc3ccc(N4CCN(C)CC4)cc3)cc2)C1.C=CC=O.CN1CCN(Cc2ccc(Nc3nc(N)n(C(=O)Nc4ccc(C5=CCCN(C)C5)cc4)n3)cc2)CC1. The van der Waals surface area contributed by atoms with Crippen LogP contribution in [0.3, 0.4) is 0 Å². The Balaban J connectivity index is 0.000000214. The van der Waals surface area contributed by atoms with E-state index in [2.05, 4.69) is 118 Å². The lowest BCUT2D eigenvalue weighted by atomic mass is 10.0. The van der Waals surface area contributed by atoms with Crippen molar-refractivity contribution in [2.24, 2.45) is 21.5 Å². The molecule has 1 aromatic heterocycles. The van der Waals surface area contributed by atoms with Gasteiger partial charge in [-0.25, -0.2) is 14.6 Å². The predicted molar refractivity (Wildman–Crippen MR) is 317 cm³/mol. The number of nitrogens with zero attached hydrogens (tertiary/aromatic N) is 11. The number of aromatic nitrogens is 3. The molecule has 10 N–H and O–H groups in total. The summed E-state index contributed by atoms with van der Waals surface area (Å²) in [7, 11) is 6.41. The third-order valence-electron chi connectivity index (χ3n) is 13.3. The van der Waals surface area contributed by atoms with Crippen LogP contribution in [0.5, 0.6) is 0 Å². The number of amides is 4. The van der Waals surface area contributed by atoms with Crippen LogP contribution in [0.2, 0.25) is 0 Å². The van der Waals surface area contributed by atoms with E-state index in [9.17, 15) is 14.4 Å². The number of benzene rings is 4. The average molecular weight is 1070 g/mol. The number of allylic oxidation sites excluding steroid dienone is 1. The molecule has 79 heavy (non-hydrogen) atoms. The van der Waals surface area contributed by atoms with Gasteiger partial charge in [0.1, 0.15) is 6.29 Å². The Morgan fingerprint density at radius 3 is 1.87 bits per heavy atom. The highest BCUT2D eigenvalue weighted by molar-refractivity contribution is 6.05. The van der Waals surface area contributed by atoms with E-state index < -0.39 is 12.1 Å². The molecule has 0 saturated carbocycles. The number of hydrogen-bond acceptors (Lipinski definition) is 14. The zero-order valence-corrected chi connectivity index (χ0v) is 45.2. The number of nitrogens with one attached hydrogen (secondary N) is 4. The maximum Gasteiger partial charge on any atom is 0.349 e. The minimum absolute atomic E-state index is 0.0127. The quantitative estimate of drug-likeness (QED) is 0.0354. The molecule has 22 heteroatoms. The minimum atomic E-state index is -0.564. The van der Waals surface area contributed by atoms with Crippen LogP contribution >= 0.6 is 0 Å². The Kier molecular flexibility index (Phi) is 20.8. The van der Waals surface area contributed by atoms with Crippen molar-refractivity contribution >= 4 is 87.7 Å². The molecule has 2 saturated heterocycles. The zero-order chi connectivity index (χ0) is 56.3. The predicted octanol–water partition coefficient (Wildman–Crippen LogP) is 5.45. The third-order valence-corrected chi connectivity index (χ3v) is 13.3. The molecule has 414 valence electrons. The highest BCUT2D eigenvalue weighted by Gasteiger charge is 2.20. The van der Waals surface area contributed by atoms with Crippen LogP contribution in [0.4, 0.5) is 49.9 Å². The summed E-state index contributed by atoms with van der Waals surface area (Å²) < 4.78 is 1.07. The zero-order valence-electron chi connectivity index (χ0n) is 45.2. The van der Waals surface area contributed by atoms with Gasteiger partial charge in [-0.15, -0.1) is 9.78 Å². The second-order valence-corrected chi connectivity index (χ2v) is 19.3. The first-order valence-corrected chi connectivity index (χ1v) is 26.0. The standard InChI is InChI=1S/C27H33N9O2.C27H35N9O.C3H4O/c1-3-24(37)36-13-12-20(18-36)19-4-6-22(7-5-19)31-27(38)33-26(29)32-25(28)30-21-8-10-23(11-9-21)35-16-14-34(2)15-17-35;1-33-14-16-35(17-15-33)18-20-5-9-23(10-6-20)29-26-31-25(28)36(32-26)27(37)30-24-11-7-21(8-12-24)22-4-3-13-34(2)19-22;1-2-3-4/h3-12H,1,13-18H2,2H3,(H6,28,29,30,31,32,33,38);4-12H,3,13-19H2,1-2H3,(H,30,37)(H3,28,29,31,32);2-3H,1H2. The van der Waals surface area contributed by atoms with Gasteiger partial charge in [0.2, 0.25) is 29.7 Å². The molecule has 4 aliphatic heterocycles. The number of likely N-dealkylation sites (N-methyl/N-ethyl adjacent to an activating group) is 3. The molecular weight excluding hydrogens is 1000 g/mol. The minimum Gasteiger partial charge on any atom is -0.369 e. The highest BCUT2D eigenvalue weighted by atomic mass is 16.2. The maximum atomic E-state index is 12.8. The van der Waals surface area contributed by atoms with Crippen molar-refractivity contribution in [3.8, 4) is 0 Å². The summed E-state index contributed by atoms with van der Waals surface area (Å²) in [6, 6.07) is 30.0. The number of rotatable bonds is 12. The van der Waals surface area contributed by atoms with Crippen LogP contribution in [0, 0.1) is 0 Å². The third kappa shape index (κ3) is 17.5. The number of guanidine groups is 2. The number of anilines is 6. The molecule has 5 heterocycles. The van der Waals surface area contributed by atoms with Crippen LogP contribution in [-0.2, 0) is 16.1 Å². The fraction of sp³-hybridized carbons (Fsp3) is 0.298. The number of hydrogen-bond donors (Lipinski definition) is 7. The van der Waals surface area contributed by atoms with Gasteiger partial charge in [-0.2, -0.15) is 9.98 Å². The molecule has 2 fully saturated rings. The largest absolute Gasteiger partial charge is 0.369 e. The molecule has 0 unspecified atom stereocenters. The van der Waals surface area contributed by atoms with E-state index in [-0.39, 0.29) is 29.7 Å². The van der Waals surface area contributed by atoms with Crippen LogP contribution in [0.25, 0.3) is 11.1 Å². The summed E-state index contributed by atoms with van der Waals surface area (Å²) in [5.74, 6) is -0.0806. The number of carbonyl (C=O) groups excluding carboxylic acids is 4. The van der Waals surface area contributed by atoms with Crippen molar-refractivity contribution < 1.29 is 19.2 Å². The van der Waals surface area contributed by atoms with Crippen LogP contribution in [0.15, 0.2) is 145 Å². The first-order valence-electron chi connectivity index (χ1n) is 26.0. The molecule has 0 atom stereocenters. The number of carbonyl (C=O) groups is 4. The molecule has 0 aliphatic carbocycles. The molecule has 0 radical (unpaired) electrons. The van der Waals surface area contributed by atoms with Crippen molar-refractivity contribution in [1.82, 2.24) is 44.6 Å². The van der Waals surface area contributed by atoms with E-state index in [0.717, 1.165) is 111 Å². The highest BCUT2D eigenvalue weighted by Crippen LogP contribution is 2.25. The number of piperazine rings is 2. The number of urea groups is 1. The van der Waals surface area contributed by atoms with Gasteiger partial charge in [-0.05, 0) is 128 Å². The van der Waals surface area contributed by atoms with Gasteiger partial charge < -0.3 is 57.7 Å². The first kappa shape index (κ1) is 57.7. The van der Waals surface area contributed by atoms with Crippen LogP contribution in [0.1, 0.15) is 23.1 Å². The molecule has 0 bridgehead atoms. The van der Waals surface area contributed by atoms with E-state index in [1.54, 1.807) is 17.0 Å². The second kappa shape index (κ2) is 28.4. The summed E-state index contributed by atoms with van der Waals surface area (Å²) in [4.78, 5) is 71.8. The van der Waals surface area contributed by atoms with Gasteiger partial charge in [0.25, 0.3) is 0 Å². The van der Waals surface area contributed by atoms with Gasteiger partial charge >= 0.3 is 12.1 Å². The molecule has 0 spiro atoms. The van der Waals surface area contributed by atoms with Crippen LogP contribution in [-0.4, -0.2) is 175 Å².